The van der Waals surface area contributed by atoms with Crippen molar-refractivity contribution in [3.05, 3.63) is 101 Å². The zero-order valence-electron chi connectivity index (χ0n) is 16.1. The Bertz CT molecular complexity index is 955. The third-order valence-electron chi connectivity index (χ3n) is 4.71. The van der Waals surface area contributed by atoms with Gasteiger partial charge in [-0.05, 0) is 54.4 Å². The summed E-state index contributed by atoms with van der Waals surface area (Å²) in [6, 6.07) is 22.1. The number of hydrogen-bond acceptors (Lipinski definition) is 4. The molecule has 0 amide bonds. The molecule has 0 heterocycles. The van der Waals surface area contributed by atoms with Crippen LogP contribution in [0.25, 0.3) is 0 Å². The number of methoxy groups -OCH3 is 1. The smallest absolute Gasteiger partial charge is 0.343 e. The van der Waals surface area contributed by atoms with E-state index in [-0.39, 0.29) is 5.92 Å². The lowest BCUT2D eigenvalue weighted by atomic mass is 9.93. The molecule has 0 spiro atoms. The average molecular weight is 374 g/mol. The summed E-state index contributed by atoms with van der Waals surface area (Å²) in [4.78, 5) is 23.8. The molecular weight excluding hydrogens is 352 g/mol. The Morgan fingerprint density at radius 3 is 1.68 bits per heavy atom. The van der Waals surface area contributed by atoms with E-state index in [9.17, 15) is 9.59 Å². The van der Waals surface area contributed by atoms with Gasteiger partial charge in [0.2, 0.25) is 0 Å². The molecule has 3 aromatic rings. The fourth-order valence-corrected chi connectivity index (χ4v) is 2.90. The molecule has 142 valence electrons. The minimum Gasteiger partial charge on any atom is -0.465 e. The molecule has 1 atom stereocenters. The van der Waals surface area contributed by atoms with Crippen LogP contribution in [0.15, 0.2) is 72.8 Å². The van der Waals surface area contributed by atoms with Gasteiger partial charge in [-0.2, -0.15) is 0 Å². The molecule has 0 aliphatic heterocycles. The predicted octanol–water partition coefficient (Wildman–Crippen LogP) is 5.15. The average Bonchev–Trinajstić information content (AvgIpc) is 2.74. The van der Waals surface area contributed by atoms with Gasteiger partial charge in [0, 0.05) is 5.92 Å². The van der Waals surface area contributed by atoms with Gasteiger partial charge < -0.3 is 9.47 Å². The number of ether oxygens (including phenoxy) is 2. The number of rotatable bonds is 5. The van der Waals surface area contributed by atoms with Gasteiger partial charge in [0.25, 0.3) is 0 Å². The summed E-state index contributed by atoms with van der Waals surface area (Å²) in [7, 11) is 1.31. The summed E-state index contributed by atoms with van der Waals surface area (Å²) in [5, 5.41) is 0. The van der Waals surface area contributed by atoms with Crippen LogP contribution in [0, 0.1) is 6.92 Å². The van der Waals surface area contributed by atoms with E-state index in [2.05, 4.69) is 42.8 Å². The zero-order valence-corrected chi connectivity index (χ0v) is 16.1. The molecule has 0 saturated carbocycles. The molecule has 0 N–H and O–H groups in total. The van der Waals surface area contributed by atoms with E-state index in [0.29, 0.717) is 16.9 Å². The first-order valence-corrected chi connectivity index (χ1v) is 9.05. The van der Waals surface area contributed by atoms with Gasteiger partial charge in [-0.15, -0.1) is 0 Å². The molecule has 0 aliphatic carbocycles. The number of hydrogen-bond donors (Lipinski definition) is 0. The second-order valence-electron chi connectivity index (χ2n) is 6.66. The van der Waals surface area contributed by atoms with E-state index in [1.807, 2.05) is 12.1 Å². The number of carbonyl (C=O) groups is 2. The Balaban J connectivity index is 1.67. The van der Waals surface area contributed by atoms with Crippen LogP contribution in [0.2, 0.25) is 0 Å². The first-order valence-electron chi connectivity index (χ1n) is 9.05. The number of esters is 2. The summed E-state index contributed by atoms with van der Waals surface area (Å²) in [5.74, 6) is -0.202. The van der Waals surface area contributed by atoms with Crippen molar-refractivity contribution in [1.82, 2.24) is 0 Å². The van der Waals surface area contributed by atoms with Crippen LogP contribution in [0.1, 0.15) is 50.2 Å². The fraction of sp³-hybridized carbons (Fsp3) is 0.167. The molecule has 0 aromatic heterocycles. The van der Waals surface area contributed by atoms with E-state index < -0.39 is 11.9 Å². The highest BCUT2D eigenvalue weighted by molar-refractivity contribution is 5.94. The van der Waals surface area contributed by atoms with Gasteiger partial charge in [0.15, 0.2) is 0 Å². The Morgan fingerprint density at radius 2 is 1.18 bits per heavy atom. The van der Waals surface area contributed by atoms with Gasteiger partial charge in [-0.1, -0.05) is 48.9 Å². The van der Waals surface area contributed by atoms with Crippen molar-refractivity contribution in [3.63, 3.8) is 0 Å². The lowest BCUT2D eigenvalue weighted by Gasteiger charge is -2.13. The molecule has 3 rings (SSSR count). The predicted molar refractivity (Wildman–Crippen MR) is 108 cm³/mol. The third-order valence-corrected chi connectivity index (χ3v) is 4.71. The molecule has 0 saturated heterocycles. The fourth-order valence-electron chi connectivity index (χ4n) is 2.90. The van der Waals surface area contributed by atoms with Crippen LogP contribution in [0.4, 0.5) is 0 Å². The van der Waals surface area contributed by atoms with Gasteiger partial charge in [-0.25, -0.2) is 9.59 Å². The van der Waals surface area contributed by atoms with Crippen LogP contribution in [-0.4, -0.2) is 19.0 Å². The quantitative estimate of drug-likeness (QED) is 0.458. The summed E-state index contributed by atoms with van der Waals surface area (Å²) in [6.45, 7) is 4.22. The Morgan fingerprint density at radius 1 is 0.714 bits per heavy atom. The number of benzene rings is 3. The van der Waals surface area contributed by atoms with Crippen LogP contribution in [0.5, 0.6) is 5.75 Å². The number of carbonyl (C=O) groups excluding carboxylic acids is 2. The molecule has 4 heteroatoms. The van der Waals surface area contributed by atoms with Crippen LogP contribution in [0.3, 0.4) is 0 Å². The minimum atomic E-state index is -0.476. The Kier molecular flexibility index (Phi) is 5.90. The van der Waals surface area contributed by atoms with Crippen LogP contribution < -0.4 is 4.74 Å². The maximum absolute atomic E-state index is 12.3. The third kappa shape index (κ3) is 4.46. The van der Waals surface area contributed by atoms with Crippen molar-refractivity contribution in [3.8, 4) is 5.75 Å². The lowest BCUT2D eigenvalue weighted by Crippen LogP contribution is -2.09. The van der Waals surface area contributed by atoms with Gasteiger partial charge in [-0.3, -0.25) is 0 Å². The molecule has 28 heavy (non-hydrogen) atoms. The standard InChI is InChI=1S/C24H22O4/c1-16-4-6-18(7-5-16)17(2)19-12-14-22(15-13-19)28-24(26)21-10-8-20(9-11-21)23(25)27-3/h4-15,17H,1-3H3. The van der Waals surface area contributed by atoms with Crippen molar-refractivity contribution < 1.29 is 19.1 Å². The molecule has 0 fully saturated rings. The van der Waals surface area contributed by atoms with E-state index in [1.54, 1.807) is 24.3 Å². The van der Waals surface area contributed by atoms with Gasteiger partial charge in [0.1, 0.15) is 5.75 Å². The maximum atomic E-state index is 12.3. The van der Waals surface area contributed by atoms with E-state index >= 15 is 0 Å². The van der Waals surface area contributed by atoms with Gasteiger partial charge in [0.05, 0.1) is 18.2 Å². The highest BCUT2D eigenvalue weighted by Gasteiger charge is 2.12. The highest BCUT2D eigenvalue weighted by atomic mass is 16.5. The second-order valence-corrected chi connectivity index (χ2v) is 6.66. The largest absolute Gasteiger partial charge is 0.465 e. The first-order chi connectivity index (χ1) is 13.5. The maximum Gasteiger partial charge on any atom is 0.343 e. The molecular formula is C24H22O4. The Labute approximate surface area is 164 Å². The minimum absolute atomic E-state index is 0.246. The zero-order chi connectivity index (χ0) is 20.1. The summed E-state index contributed by atoms with van der Waals surface area (Å²) in [6.07, 6.45) is 0. The molecule has 1 unspecified atom stereocenters. The van der Waals surface area contributed by atoms with Gasteiger partial charge >= 0.3 is 11.9 Å². The van der Waals surface area contributed by atoms with Crippen molar-refractivity contribution in [2.75, 3.05) is 7.11 Å². The summed E-state index contributed by atoms with van der Waals surface area (Å²) >= 11 is 0. The first kappa shape index (κ1) is 19.4. The highest BCUT2D eigenvalue weighted by Crippen LogP contribution is 2.26. The summed E-state index contributed by atoms with van der Waals surface area (Å²) < 4.78 is 10.1. The second kappa shape index (κ2) is 8.53. The molecule has 3 aromatic carbocycles. The molecule has 0 radical (unpaired) electrons. The SMILES string of the molecule is COC(=O)c1ccc(C(=O)Oc2ccc(C(C)c3ccc(C)cc3)cc2)cc1. The molecule has 0 bridgehead atoms. The topological polar surface area (TPSA) is 52.6 Å². The molecule has 4 nitrogen and oxygen atoms in total. The van der Waals surface area contributed by atoms with Crippen molar-refractivity contribution in [1.29, 1.82) is 0 Å². The van der Waals surface area contributed by atoms with E-state index in [4.69, 9.17) is 4.74 Å². The van der Waals surface area contributed by atoms with Crippen molar-refractivity contribution >= 4 is 11.9 Å². The van der Waals surface area contributed by atoms with E-state index in [1.165, 1.54) is 30.4 Å². The number of aryl methyl sites for hydroxylation is 1. The normalized spacial score (nSPS) is 11.5. The molecule has 0 aliphatic rings. The van der Waals surface area contributed by atoms with E-state index in [0.717, 1.165) is 5.56 Å². The lowest BCUT2D eigenvalue weighted by molar-refractivity contribution is 0.0599. The van der Waals surface area contributed by atoms with Crippen LogP contribution in [-0.2, 0) is 4.74 Å². The van der Waals surface area contributed by atoms with Crippen molar-refractivity contribution in [2.45, 2.75) is 19.8 Å². The summed E-state index contributed by atoms with van der Waals surface area (Å²) in [5.41, 5.74) is 4.36. The monoisotopic (exact) mass is 374 g/mol. The van der Waals surface area contributed by atoms with Crippen molar-refractivity contribution in [2.24, 2.45) is 0 Å². The van der Waals surface area contributed by atoms with Crippen LogP contribution >= 0.6 is 0 Å². The Hall–Kier alpha value is -3.40.